The fourth-order valence-electron chi connectivity index (χ4n) is 0.472. The van der Waals surface area contributed by atoms with Crippen LogP contribution in [0.2, 0.25) is 0 Å². The van der Waals surface area contributed by atoms with E-state index in [-0.39, 0.29) is 6.17 Å². The van der Waals surface area contributed by atoms with E-state index in [1.165, 1.54) is 0 Å². The molecule has 1 unspecified atom stereocenters. The van der Waals surface area contributed by atoms with Crippen LogP contribution in [0.4, 0.5) is 0 Å². The Morgan fingerprint density at radius 1 is 1.78 bits per heavy atom. The van der Waals surface area contributed by atoms with E-state index in [1.54, 1.807) is 0 Å². The van der Waals surface area contributed by atoms with Crippen LogP contribution in [0.3, 0.4) is 0 Å². The van der Waals surface area contributed by atoms with Gasteiger partial charge in [-0.3, -0.25) is 0 Å². The average Bonchev–Trinajstić information content (AvgIpc) is 1.85. The molecule has 4 nitrogen and oxygen atoms in total. The summed E-state index contributed by atoms with van der Waals surface area (Å²) in [4.78, 5) is 2.65. The van der Waals surface area contributed by atoms with Crippen LogP contribution in [-0.4, -0.2) is 12.7 Å². The van der Waals surface area contributed by atoms with Crippen molar-refractivity contribution in [2.24, 2.45) is 5.11 Å². The van der Waals surface area contributed by atoms with E-state index < -0.39 is 0 Å². The highest BCUT2D eigenvalue weighted by atomic mass is 15.2. The number of nitrogens with zero attached hydrogens (tertiary/aromatic N) is 3. The molecule has 0 aromatic heterocycles. The third-order valence-corrected chi connectivity index (χ3v) is 0.915. The minimum absolute atomic E-state index is 0.0741. The van der Waals surface area contributed by atoms with Gasteiger partial charge in [-0.15, -0.1) is 0 Å². The standard InChI is InChI=1S/C5H12N4/c1-3-4-7-5(2)8-9-6/h5,7H,3-4H2,1-2H3. The molecule has 0 amide bonds. The van der Waals surface area contributed by atoms with Gasteiger partial charge in [0, 0.05) is 4.91 Å². The second kappa shape index (κ2) is 5.41. The van der Waals surface area contributed by atoms with Gasteiger partial charge in [-0.05, 0) is 25.4 Å². The van der Waals surface area contributed by atoms with Crippen molar-refractivity contribution in [3.05, 3.63) is 10.4 Å². The second-order valence-electron chi connectivity index (χ2n) is 1.84. The largest absolute Gasteiger partial charge is 0.309 e. The molecule has 1 N–H and O–H groups in total. The van der Waals surface area contributed by atoms with Crippen LogP contribution in [0, 0.1) is 0 Å². The molecule has 0 saturated heterocycles. The van der Waals surface area contributed by atoms with Gasteiger partial charge >= 0.3 is 0 Å². The Kier molecular flexibility index (Phi) is 4.97. The summed E-state index contributed by atoms with van der Waals surface area (Å²) < 4.78 is 0. The molecule has 1 atom stereocenters. The summed E-state index contributed by atoms with van der Waals surface area (Å²) in [6.07, 6.45) is 0.987. The molecule has 0 aliphatic heterocycles. The van der Waals surface area contributed by atoms with Gasteiger partial charge in [0.2, 0.25) is 0 Å². The maximum absolute atomic E-state index is 7.95. The van der Waals surface area contributed by atoms with Gasteiger partial charge in [-0.1, -0.05) is 12.0 Å². The van der Waals surface area contributed by atoms with Crippen LogP contribution < -0.4 is 5.32 Å². The van der Waals surface area contributed by atoms with Gasteiger partial charge in [0.15, 0.2) is 0 Å². The molecule has 0 radical (unpaired) electrons. The van der Waals surface area contributed by atoms with Gasteiger partial charge in [-0.25, -0.2) is 0 Å². The monoisotopic (exact) mass is 128 g/mol. The highest BCUT2D eigenvalue weighted by Gasteiger charge is 1.91. The fraction of sp³-hybridized carbons (Fsp3) is 1.00. The molecule has 0 heterocycles. The Balaban J connectivity index is 3.26. The summed E-state index contributed by atoms with van der Waals surface area (Å²) in [6, 6.07) is 0. The molecule has 4 heteroatoms. The summed E-state index contributed by atoms with van der Waals surface area (Å²) in [7, 11) is 0. The maximum Gasteiger partial charge on any atom is 0.0832 e. The Hall–Kier alpha value is -0.730. The quantitative estimate of drug-likeness (QED) is 0.349. The average molecular weight is 128 g/mol. The number of rotatable bonds is 4. The molecule has 0 rings (SSSR count). The molecule has 0 fully saturated rings. The minimum Gasteiger partial charge on any atom is -0.309 e. The van der Waals surface area contributed by atoms with Crippen molar-refractivity contribution >= 4 is 0 Å². The molecule has 0 aliphatic rings. The molecule has 0 aromatic carbocycles. The molecule has 0 aliphatic carbocycles. The normalized spacial score (nSPS) is 12.2. The van der Waals surface area contributed by atoms with Crippen LogP contribution in [-0.2, 0) is 0 Å². The lowest BCUT2D eigenvalue weighted by atomic mass is 10.4. The minimum atomic E-state index is -0.0741. The van der Waals surface area contributed by atoms with Crippen LogP contribution in [0.5, 0.6) is 0 Å². The number of azide groups is 1. The Bertz CT molecular complexity index is 106. The first kappa shape index (κ1) is 8.27. The first-order chi connectivity index (χ1) is 4.31. The maximum atomic E-state index is 7.95. The zero-order valence-electron chi connectivity index (χ0n) is 5.83. The summed E-state index contributed by atoms with van der Waals surface area (Å²) in [5, 5.41) is 6.44. The lowest BCUT2D eigenvalue weighted by molar-refractivity contribution is 0.561. The van der Waals surface area contributed by atoms with E-state index in [9.17, 15) is 0 Å². The molecular formula is C5H12N4. The first-order valence-electron chi connectivity index (χ1n) is 3.08. The highest BCUT2D eigenvalue weighted by molar-refractivity contribution is 4.56. The third-order valence-electron chi connectivity index (χ3n) is 0.915. The van der Waals surface area contributed by atoms with Crippen LogP contribution in [0.15, 0.2) is 5.11 Å². The SMILES string of the molecule is CCCNC(C)N=[N+]=[N-]. The molecule has 9 heavy (non-hydrogen) atoms. The smallest absolute Gasteiger partial charge is 0.0832 e. The zero-order valence-corrected chi connectivity index (χ0v) is 5.83. The van der Waals surface area contributed by atoms with Gasteiger partial charge in [-0.2, -0.15) is 0 Å². The molecule has 0 aromatic rings. The molecule has 0 spiro atoms. The predicted molar refractivity (Wildman–Crippen MR) is 36.9 cm³/mol. The van der Waals surface area contributed by atoms with E-state index in [4.69, 9.17) is 5.53 Å². The number of hydrogen-bond acceptors (Lipinski definition) is 2. The Labute approximate surface area is 54.9 Å². The van der Waals surface area contributed by atoms with E-state index in [0.29, 0.717) is 0 Å². The van der Waals surface area contributed by atoms with Crippen LogP contribution in [0.25, 0.3) is 10.4 Å². The Morgan fingerprint density at radius 3 is 2.89 bits per heavy atom. The van der Waals surface area contributed by atoms with Gasteiger partial charge in [0.1, 0.15) is 0 Å². The van der Waals surface area contributed by atoms with Crippen molar-refractivity contribution in [2.75, 3.05) is 6.54 Å². The van der Waals surface area contributed by atoms with Gasteiger partial charge in [0.05, 0.1) is 6.17 Å². The van der Waals surface area contributed by atoms with Crippen molar-refractivity contribution in [1.82, 2.24) is 5.32 Å². The van der Waals surface area contributed by atoms with Gasteiger partial charge in [0.25, 0.3) is 0 Å². The second-order valence-corrected chi connectivity index (χ2v) is 1.84. The van der Waals surface area contributed by atoms with E-state index >= 15 is 0 Å². The zero-order chi connectivity index (χ0) is 7.11. The highest BCUT2D eigenvalue weighted by Crippen LogP contribution is 1.83. The molecule has 0 saturated carbocycles. The van der Waals surface area contributed by atoms with Crippen molar-refractivity contribution in [2.45, 2.75) is 26.4 Å². The summed E-state index contributed by atoms with van der Waals surface area (Å²) in [6.45, 7) is 4.80. The molecule has 0 bridgehead atoms. The summed E-state index contributed by atoms with van der Waals surface area (Å²) in [5.41, 5.74) is 7.95. The lowest BCUT2D eigenvalue weighted by Gasteiger charge is -2.03. The van der Waals surface area contributed by atoms with Crippen molar-refractivity contribution in [3.63, 3.8) is 0 Å². The van der Waals surface area contributed by atoms with Crippen LogP contribution >= 0.6 is 0 Å². The fourth-order valence-corrected chi connectivity index (χ4v) is 0.472. The Morgan fingerprint density at radius 2 is 2.44 bits per heavy atom. The van der Waals surface area contributed by atoms with Crippen molar-refractivity contribution in [3.8, 4) is 0 Å². The molecule has 52 valence electrons. The van der Waals surface area contributed by atoms with Crippen molar-refractivity contribution in [1.29, 1.82) is 0 Å². The first-order valence-corrected chi connectivity index (χ1v) is 3.08. The lowest BCUT2D eigenvalue weighted by Crippen LogP contribution is -2.23. The van der Waals surface area contributed by atoms with Crippen LogP contribution in [0.1, 0.15) is 20.3 Å². The third kappa shape index (κ3) is 5.14. The van der Waals surface area contributed by atoms with Crippen molar-refractivity contribution < 1.29 is 0 Å². The van der Waals surface area contributed by atoms with E-state index in [2.05, 4.69) is 22.3 Å². The topological polar surface area (TPSA) is 60.8 Å². The number of hydrogen-bond donors (Lipinski definition) is 1. The van der Waals surface area contributed by atoms with E-state index in [0.717, 1.165) is 13.0 Å². The summed E-state index contributed by atoms with van der Waals surface area (Å²) >= 11 is 0. The summed E-state index contributed by atoms with van der Waals surface area (Å²) in [5.74, 6) is 0. The van der Waals surface area contributed by atoms with E-state index in [1.807, 2.05) is 6.92 Å². The number of nitrogens with one attached hydrogen (secondary N) is 1. The molecular weight excluding hydrogens is 116 g/mol. The predicted octanol–water partition coefficient (Wildman–Crippen LogP) is 1.64. The van der Waals surface area contributed by atoms with Gasteiger partial charge < -0.3 is 5.32 Å².